The van der Waals surface area contributed by atoms with Gasteiger partial charge in [-0.1, -0.05) is 18.2 Å². The predicted octanol–water partition coefficient (Wildman–Crippen LogP) is 2.43. The zero-order valence-corrected chi connectivity index (χ0v) is 12.9. The number of nitrogens with one attached hydrogen (secondary N) is 2. The molecule has 0 saturated heterocycles. The normalized spacial score (nSPS) is 17.1. The maximum atomic E-state index is 12.5. The van der Waals surface area contributed by atoms with E-state index in [1.54, 1.807) is 0 Å². The topological polar surface area (TPSA) is 101 Å². The third kappa shape index (κ3) is 3.17. The number of para-hydroxylation sites is 1. The Morgan fingerprint density at radius 2 is 1.83 bits per heavy atom. The van der Waals surface area contributed by atoms with Gasteiger partial charge in [-0.25, -0.2) is 13.1 Å². The molecule has 1 unspecified atom stereocenters. The molecule has 1 aliphatic heterocycles. The summed E-state index contributed by atoms with van der Waals surface area (Å²) in [7, 11) is -3.75. The lowest BCUT2D eigenvalue weighted by atomic mass is 9.99. The van der Waals surface area contributed by atoms with Crippen molar-refractivity contribution in [2.24, 2.45) is 0 Å². The van der Waals surface area contributed by atoms with E-state index in [4.69, 9.17) is 0 Å². The maximum Gasteiger partial charge on any atom is 0.269 e. The van der Waals surface area contributed by atoms with E-state index in [1.165, 1.54) is 24.3 Å². The highest BCUT2D eigenvalue weighted by Gasteiger charge is 2.25. The number of fused-ring (bicyclic) bond motifs is 1. The number of hydrogen-bond donors (Lipinski definition) is 2. The lowest BCUT2D eigenvalue weighted by Crippen LogP contribution is -2.32. The molecule has 7 nitrogen and oxygen atoms in total. The molecule has 3 rings (SSSR count). The fourth-order valence-corrected chi connectivity index (χ4v) is 3.84. The van der Waals surface area contributed by atoms with E-state index in [1.807, 2.05) is 24.3 Å². The van der Waals surface area contributed by atoms with E-state index in [2.05, 4.69) is 10.0 Å². The van der Waals surface area contributed by atoms with E-state index < -0.39 is 14.9 Å². The number of nitro groups is 1. The van der Waals surface area contributed by atoms with Crippen LogP contribution in [0.15, 0.2) is 53.4 Å². The van der Waals surface area contributed by atoms with E-state index in [9.17, 15) is 18.5 Å². The average Bonchev–Trinajstić information content (AvgIpc) is 2.55. The SMILES string of the molecule is O=[N+]([O-])c1ccc(S(=O)(=O)NC2CCNc3ccccc32)cc1. The van der Waals surface area contributed by atoms with Crippen molar-refractivity contribution in [3.8, 4) is 0 Å². The molecule has 23 heavy (non-hydrogen) atoms. The van der Waals surface area contributed by atoms with Crippen LogP contribution in [0.5, 0.6) is 0 Å². The van der Waals surface area contributed by atoms with Gasteiger partial charge in [0.2, 0.25) is 10.0 Å². The molecule has 1 atom stereocenters. The number of nitro benzene ring substituents is 1. The van der Waals surface area contributed by atoms with Gasteiger partial charge < -0.3 is 5.32 Å². The van der Waals surface area contributed by atoms with Crippen LogP contribution in [0, 0.1) is 10.1 Å². The van der Waals surface area contributed by atoms with Gasteiger partial charge in [-0.3, -0.25) is 10.1 Å². The highest BCUT2D eigenvalue weighted by molar-refractivity contribution is 7.89. The number of non-ortho nitro benzene ring substituents is 1. The van der Waals surface area contributed by atoms with Gasteiger partial charge in [0, 0.05) is 24.4 Å². The lowest BCUT2D eigenvalue weighted by Gasteiger charge is -2.27. The van der Waals surface area contributed by atoms with Gasteiger partial charge >= 0.3 is 0 Å². The van der Waals surface area contributed by atoms with Crippen molar-refractivity contribution in [1.82, 2.24) is 4.72 Å². The summed E-state index contributed by atoms with van der Waals surface area (Å²) in [4.78, 5) is 10.1. The van der Waals surface area contributed by atoms with Crippen LogP contribution in [0.1, 0.15) is 18.0 Å². The molecule has 0 amide bonds. The zero-order valence-electron chi connectivity index (χ0n) is 12.1. The molecule has 0 fully saturated rings. The van der Waals surface area contributed by atoms with Gasteiger partial charge in [0.1, 0.15) is 0 Å². The Balaban J connectivity index is 1.86. The second-order valence-corrected chi connectivity index (χ2v) is 6.94. The molecular formula is C15H15N3O4S. The fourth-order valence-electron chi connectivity index (χ4n) is 2.59. The Hall–Kier alpha value is -2.45. The largest absolute Gasteiger partial charge is 0.385 e. The average molecular weight is 333 g/mol. The number of hydrogen-bond acceptors (Lipinski definition) is 5. The highest BCUT2D eigenvalue weighted by Crippen LogP contribution is 2.30. The molecule has 0 saturated carbocycles. The Kier molecular flexibility index (Phi) is 4.01. The zero-order chi connectivity index (χ0) is 16.4. The van der Waals surface area contributed by atoms with Crippen molar-refractivity contribution in [3.63, 3.8) is 0 Å². The van der Waals surface area contributed by atoms with Crippen LogP contribution in [0.4, 0.5) is 11.4 Å². The molecule has 0 spiro atoms. The first-order valence-electron chi connectivity index (χ1n) is 7.07. The first-order valence-corrected chi connectivity index (χ1v) is 8.55. The number of rotatable bonds is 4. The molecule has 8 heteroatoms. The summed E-state index contributed by atoms with van der Waals surface area (Å²) in [6.07, 6.45) is 0.628. The van der Waals surface area contributed by atoms with Crippen LogP contribution in [0.2, 0.25) is 0 Å². The van der Waals surface area contributed by atoms with Crippen molar-refractivity contribution >= 4 is 21.4 Å². The Labute approximate surface area is 133 Å². The molecule has 0 bridgehead atoms. The highest BCUT2D eigenvalue weighted by atomic mass is 32.2. The van der Waals surface area contributed by atoms with Crippen LogP contribution in [-0.2, 0) is 10.0 Å². The molecule has 2 aromatic rings. The molecule has 120 valence electrons. The van der Waals surface area contributed by atoms with Crippen molar-refractivity contribution in [1.29, 1.82) is 0 Å². The monoisotopic (exact) mass is 333 g/mol. The van der Waals surface area contributed by atoms with Gasteiger partial charge in [0.05, 0.1) is 15.9 Å². The minimum atomic E-state index is -3.75. The van der Waals surface area contributed by atoms with E-state index >= 15 is 0 Å². The molecule has 2 N–H and O–H groups in total. The summed E-state index contributed by atoms with van der Waals surface area (Å²) in [6.45, 7) is 0.671. The van der Waals surface area contributed by atoms with Crippen molar-refractivity contribution in [2.75, 3.05) is 11.9 Å². The lowest BCUT2D eigenvalue weighted by molar-refractivity contribution is -0.384. The number of benzene rings is 2. The Morgan fingerprint density at radius 3 is 2.52 bits per heavy atom. The summed E-state index contributed by atoms with van der Waals surface area (Å²) in [6, 6.07) is 12.1. The van der Waals surface area contributed by atoms with E-state index in [-0.39, 0.29) is 16.6 Å². The molecule has 0 radical (unpaired) electrons. The predicted molar refractivity (Wildman–Crippen MR) is 85.7 cm³/mol. The van der Waals surface area contributed by atoms with Crippen LogP contribution < -0.4 is 10.0 Å². The van der Waals surface area contributed by atoms with E-state index in [0.29, 0.717) is 13.0 Å². The summed E-state index contributed by atoms with van der Waals surface area (Å²) >= 11 is 0. The van der Waals surface area contributed by atoms with Crippen molar-refractivity contribution in [2.45, 2.75) is 17.4 Å². The van der Waals surface area contributed by atoms with Crippen molar-refractivity contribution in [3.05, 3.63) is 64.2 Å². The molecular weight excluding hydrogens is 318 g/mol. The van der Waals surface area contributed by atoms with Crippen LogP contribution in [0.25, 0.3) is 0 Å². The smallest absolute Gasteiger partial charge is 0.269 e. The summed E-state index contributed by atoms with van der Waals surface area (Å²) < 4.78 is 27.7. The summed E-state index contributed by atoms with van der Waals surface area (Å²) in [5.41, 5.74) is 1.66. The molecule has 0 aromatic heterocycles. The first kappa shape index (κ1) is 15.4. The third-order valence-electron chi connectivity index (χ3n) is 3.74. The summed E-state index contributed by atoms with van der Waals surface area (Å²) in [5, 5.41) is 13.9. The molecule has 2 aromatic carbocycles. The van der Waals surface area contributed by atoms with Gasteiger partial charge in [0.25, 0.3) is 5.69 Å². The molecule has 1 aliphatic rings. The standard InChI is InChI=1S/C15H15N3O4S/c19-18(20)11-5-7-12(8-6-11)23(21,22)17-15-9-10-16-14-4-2-1-3-13(14)15/h1-8,15-17H,9-10H2. The fraction of sp³-hybridized carbons (Fsp3) is 0.200. The van der Waals surface area contributed by atoms with Crippen molar-refractivity contribution < 1.29 is 13.3 Å². The van der Waals surface area contributed by atoms with E-state index in [0.717, 1.165) is 11.3 Å². The third-order valence-corrected chi connectivity index (χ3v) is 5.23. The van der Waals surface area contributed by atoms with Crippen LogP contribution in [0.3, 0.4) is 0 Å². The van der Waals surface area contributed by atoms with Crippen LogP contribution in [-0.4, -0.2) is 19.9 Å². The van der Waals surface area contributed by atoms with Gasteiger partial charge in [0.15, 0.2) is 0 Å². The van der Waals surface area contributed by atoms with Gasteiger partial charge in [-0.2, -0.15) is 0 Å². The number of anilines is 1. The second-order valence-electron chi connectivity index (χ2n) is 5.23. The number of nitrogens with zero attached hydrogens (tertiary/aromatic N) is 1. The second kappa shape index (κ2) is 5.98. The molecule has 1 heterocycles. The maximum absolute atomic E-state index is 12.5. The Bertz CT molecular complexity index is 834. The minimum Gasteiger partial charge on any atom is -0.385 e. The first-order chi connectivity index (χ1) is 11.0. The quantitative estimate of drug-likeness (QED) is 0.661. The number of sulfonamides is 1. The summed E-state index contributed by atoms with van der Waals surface area (Å²) in [5.74, 6) is 0. The molecule has 0 aliphatic carbocycles. The minimum absolute atomic E-state index is 0.0131. The van der Waals surface area contributed by atoms with Gasteiger partial charge in [-0.15, -0.1) is 0 Å². The van der Waals surface area contributed by atoms with Crippen LogP contribution >= 0.6 is 0 Å². The Morgan fingerprint density at radius 1 is 1.13 bits per heavy atom. The van der Waals surface area contributed by atoms with Gasteiger partial charge in [-0.05, 0) is 30.2 Å².